The van der Waals surface area contributed by atoms with Gasteiger partial charge in [-0.05, 0) is 34.6 Å². The van der Waals surface area contributed by atoms with Crippen LogP contribution in [0.25, 0.3) is 0 Å². The van der Waals surface area contributed by atoms with E-state index in [2.05, 4.69) is 16.0 Å². The molecular weight excluding hydrogens is 246 g/mol. The van der Waals surface area contributed by atoms with E-state index in [1.807, 2.05) is 34.6 Å². The van der Waals surface area contributed by atoms with Crippen molar-refractivity contribution in [2.24, 2.45) is 0 Å². The molecule has 6 nitrogen and oxygen atoms in total. The molecule has 6 heteroatoms. The molecule has 0 unspecified atom stereocenters. The van der Waals surface area contributed by atoms with Gasteiger partial charge in [0.25, 0.3) is 0 Å². The molecule has 0 atom stereocenters. The zero-order chi connectivity index (χ0) is 14.9. The Hall–Kier alpha value is -1.30. The second kappa shape index (κ2) is 8.74. The van der Waals surface area contributed by atoms with E-state index in [0.29, 0.717) is 26.1 Å². The van der Waals surface area contributed by atoms with Gasteiger partial charge in [-0.25, -0.2) is 4.79 Å². The number of nitrogens with one attached hydrogen (secondary N) is 3. The van der Waals surface area contributed by atoms with Crippen molar-refractivity contribution in [2.75, 3.05) is 19.6 Å². The second-order valence-corrected chi connectivity index (χ2v) is 5.65. The van der Waals surface area contributed by atoms with Crippen LogP contribution in [0.5, 0.6) is 0 Å². The van der Waals surface area contributed by atoms with E-state index in [0.717, 1.165) is 0 Å². The molecule has 0 aliphatic carbocycles. The average molecular weight is 273 g/mol. The fraction of sp³-hybridized carbons (Fsp3) is 0.846. The molecule has 112 valence electrons. The molecule has 3 N–H and O–H groups in total. The van der Waals surface area contributed by atoms with Crippen LogP contribution < -0.4 is 16.0 Å². The topological polar surface area (TPSA) is 79.5 Å². The molecule has 0 fully saturated rings. The predicted octanol–water partition coefficient (Wildman–Crippen LogP) is 1.02. The molecule has 0 aliphatic rings. The van der Waals surface area contributed by atoms with Crippen molar-refractivity contribution in [1.29, 1.82) is 0 Å². The van der Waals surface area contributed by atoms with Crippen LogP contribution in [0.3, 0.4) is 0 Å². The van der Waals surface area contributed by atoms with Crippen molar-refractivity contribution in [3.8, 4) is 0 Å². The van der Waals surface area contributed by atoms with Gasteiger partial charge in [-0.3, -0.25) is 4.79 Å². The Bertz CT molecular complexity index is 285. The Labute approximate surface area is 115 Å². The van der Waals surface area contributed by atoms with E-state index in [-0.39, 0.29) is 11.9 Å². The minimum atomic E-state index is -0.480. The van der Waals surface area contributed by atoms with Gasteiger partial charge in [0.2, 0.25) is 5.91 Å². The molecule has 0 radical (unpaired) electrons. The van der Waals surface area contributed by atoms with Crippen LogP contribution >= 0.6 is 0 Å². The van der Waals surface area contributed by atoms with E-state index in [1.165, 1.54) is 0 Å². The van der Waals surface area contributed by atoms with Gasteiger partial charge < -0.3 is 20.7 Å². The van der Waals surface area contributed by atoms with E-state index < -0.39 is 11.7 Å². The van der Waals surface area contributed by atoms with E-state index in [4.69, 9.17) is 4.74 Å². The summed E-state index contributed by atoms with van der Waals surface area (Å²) in [5.74, 6) is 0.0302. The third-order valence-electron chi connectivity index (χ3n) is 1.95. The number of carbonyl (C=O) groups excluding carboxylic acids is 2. The highest BCUT2D eigenvalue weighted by Crippen LogP contribution is 2.05. The first kappa shape index (κ1) is 17.7. The van der Waals surface area contributed by atoms with Gasteiger partial charge in [0.05, 0.1) is 0 Å². The average Bonchev–Trinajstić information content (AvgIpc) is 2.19. The molecule has 0 spiro atoms. The minimum Gasteiger partial charge on any atom is -0.444 e. The molecular formula is C13H27N3O3. The molecule has 0 saturated carbocycles. The Balaban J connectivity index is 3.46. The lowest BCUT2D eigenvalue weighted by Crippen LogP contribution is -2.37. The van der Waals surface area contributed by atoms with Crippen LogP contribution in [0.4, 0.5) is 4.79 Å². The highest BCUT2D eigenvalue weighted by Gasteiger charge is 2.15. The summed E-state index contributed by atoms with van der Waals surface area (Å²) in [6, 6.07) is 0.168. The Morgan fingerprint density at radius 2 is 1.74 bits per heavy atom. The summed E-state index contributed by atoms with van der Waals surface area (Å²) < 4.78 is 5.08. The quantitative estimate of drug-likeness (QED) is 0.605. The van der Waals surface area contributed by atoms with Crippen molar-refractivity contribution in [3.63, 3.8) is 0 Å². The molecule has 0 aliphatic heterocycles. The van der Waals surface area contributed by atoms with Crippen molar-refractivity contribution < 1.29 is 14.3 Å². The molecule has 0 aromatic carbocycles. The summed E-state index contributed by atoms with van der Waals surface area (Å²) in [5, 5.41) is 8.52. The minimum absolute atomic E-state index is 0.0302. The van der Waals surface area contributed by atoms with Crippen LogP contribution in [0.1, 0.15) is 41.0 Å². The fourth-order valence-corrected chi connectivity index (χ4v) is 1.29. The fourth-order valence-electron chi connectivity index (χ4n) is 1.29. The van der Waals surface area contributed by atoms with Crippen LogP contribution in [0.15, 0.2) is 0 Å². The molecule has 0 heterocycles. The third kappa shape index (κ3) is 12.9. The van der Waals surface area contributed by atoms with Crippen molar-refractivity contribution >= 4 is 12.0 Å². The first-order valence-electron chi connectivity index (χ1n) is 6.67. The zero-order valence-electron chi connectivity index (χ0n) is 12.6. The molecule has 19 heavy (non-hydrogen) atoms. The number of hydrogen-bond acceptors (Lipinski definition) is 4. The van der Waals surface area contributed by atoms with Crippen molar-refractivity contribution in [3.05, 3.63) is 0 Å². The van der Waals surface area contributed by atoms with Gasteiger partial charge >= 0.3 is 6.09 Å². The standard InChI is InChI=1S/C13H27N3O3/c1-10(2)16-11(17)6-7-14-8-9-15-12(18)19-13(3,4)5/h10,14H,6-9H2,1-5H3,(H,15,18)(H,16,17). The summed E-state index contributed by atoms with van der Waals surface area (Å²) >= 11 is 0. The van der Waals surface area contributed by atoms with Gasteiger partial charge in [-0.15, -0.1) is 0 Å². The molecule has 0 rings (SSSR count). The molecule has 0 aromatic rings. The lowest BCUT2D eigenvalue weighted by molar-refractivity contribution is -0.121. The summed E-state index contributed by atoms with van der Waals surface area (Å²) in [4.78, 5) is 22.6. The Morgan fingerprint density at radius 3 is 2.26 bits per heavy atom. The van der Waals surface area contributed by atoms with E-state index >= 15 is 0 Å². The van der Waals surface area contributed by atoms with Crippen LogP contribution in [0, 0.1) is 0 Å². The summed E-state index contributed by atoms with van der Waals surface area (Å²) in [6.07, 6.45) is 0.0109. The molecule has 0 bridgehead atoms. The number of rotatable bonds is 7. The van der Waals surface area contributed by atoms with Crippen LogP contribution in [0.2, 0.25) is 0 Å². The van der Waals surface area contributed by atoms with Crippen LogP contribution in [-0.4, -0.2) is 43.3 Å². The van der Waals surface area contributed by atoms with Crippen molar-refractivity contribution in [2.45, 2.75) is 52.7 Å². The van der Waals surface area contributed by atoms with Crippen molar-refractivity contribution in [1.82, 2.24) is 16.0 Å². The number of amides is 2. The smallest absolute Gasteiger partial charge is 0.407 e. The number of carbonyl (C=O) groups is 2. The summed E-state index contributed by atoms with van der Waals surface area (Å²) in [7, 11) is 0. The number of hydrogen-bond donors (Lipinski definition) is 3. The zero-order valence-corrected chi connectivity index (χ0v) is 12.6. The summed E-state index contributed by atoms with van der Waals surface area (Å²) in [6.45, 7) is 11.0. The first-order chi connectivity index (χ1) is 8.70. The molecule has 0 aromatic heterocycles. The Morgan fingerprint density at radius 1 is 1.11 bits per heavy atom. The lowest BCUT2D eigenvalue weighted by atomic mass is 10.2. The molecule has 2 amide bonds. The highest BCUT2D eigenvalue weighted by molar-refractivity contribution is 5.76. The first-order valence-corrected chi connectivity index (χ1v) is 6.67. The highest BCUT2D eigenvalue weighted by atomic mass is 16.6. The number of ether oxygens (including phenoxy) is 1. The predicted molar refractivity (Wildman–Crippen MR) is 75.0 cm³/mol. The lowest BCUT2D eigenvalue weighted by Gasteiger charge is -2.19. The maximum atomic E-state index is 11.3. The SMILES string of the molecule is CC(C)NC(=O)CCNCCNC(=O)OC(C)(C)C. The van der Waals surface area contributed by atoms with Gasteiger partial charge in [0.15, 0.2) is 0 Å². The Kier molecular flexibility index (Phi) is 8.14. The largest absolute Gasteiger partial charge is 0.444 e. The maximum absolute atomic E-state index is 11.3. The van der Waals surface area contributed by atoms with E-state index in [9.17, 15) is 9.59 Å². The van der Waals surface area contributed by atoms with Gasteiger partial charge in [-0.1, -0.05) is 0 Å². The van der Waals surface area contributed by atoms with Gasteiger partial charge in [0.1, 0.15) is 5.60 Å². The monoisotopic (exact) mass is 273 g/mol. The van der Waals surface area contributed by atoms with Gasteiger partial charge in [0, 0.05) is 32.1 Å². The van der Waals surface area contributed by atoms with Gasteiger partial charge in [-0.2, -0.15) is 0 Å². The molecule has 0 saturated heterocycles. The number of alkyl carbamates (subject to hydrolysis) is 1. The van der Waals surface area contributed by atoms with Crippen LogP contribution in [-0.2, 0) is 9.53 Å². The normalized spacial score (nSPS) is 11.3. The third-order valence-corrected chi connectivity index (χ3v) is 1.95. The summed E-state index contributed by atoms with van der Waals surface area (Å²) in [5.41, 5.74) is -0.480. The second-order valence-electron chi connectivity index (χ2n) is 5.65. The van der Waals surface area contributed by atoms with E-state index in [1.54, 1.807) is 0 Å². The maximum Gasteiger partial charge on any atom is 0.407 e.